The lowest BCUT2D eigenvalue weighted by atomic mass is 9.74. The highest BCUT2D eigenvalue weighted by Gasteiger charge is 2.32. The molecule has 0 spiro atoms. The van der Waals surface area contributed by atoms with Crippen LogP contribution in [-0.4, -0.2) is 37.4 Å². The van der Waals surface area contributed by atoms with E-state index in [9.17, 15) is 13.8 Å². The van der Waals surface area contributed by atoms with E-state index in [4.69, 9.17) is 9.41 Å². The van der Waals surface area contributed by atoms with Crippen LogP contribution in [0.5, 0.6) is 0 Å². The van der Waals surface area contributed by atoms with Crippen LogP contribution in [0.3, 0.4) is 0 Å². The van der Waals surface area contributed by atoms with Crippen LogP contribution in [0.4, 0.5) is 4.39 Å². The summed E-state index contributed by atoms with van der Waals surface area (Å²) in [5.41, 5.74) is 2.73. The summed E-state index contributed by atoms with van der Waals surface area (Å²) >= 11 is 0. The molecule has 0 bridgehead atoms. The predicted molar refractivity (Wildman–Crippen MR) is 90.1 cm³/mol. The second-order valence-corrected chi connectivity index (χ2v) is 8.75. The minimum atomic E-state index is -2.57. The van der Waals surface area contributed by atoms with Crippen molar-refractivity contribution >= 4 is 15.4 Å². The normalized spacial score (nSPS) is 19.1. The van der Waals surface area contributed by atoms with E-state index >= 15 is 0 Å². The van der Waals surface area contributed by atoms with Crippen molar-refractivity contribution in [3.8, 4) is 0 Å². The summed E-state index contributed by atoms with van der Waals surface area (Å²) in [6.07, 6.45) is 3.33. The quantitative estimate of drug-likeness (QED) is 0.444. The zero-order valence-electron chi connectivity index (χ0n) is 13.7. The molecule has 3 rings (SSSR count). The first-order valence-electron chi connectivity index (χ1n) is 7.90. The molecule has 1 aromatic heterocycles. The van der Waals surface area contributed by atoms with Crippen molar-refractivity contribution in [1.29, 1.82) is 4.78 Å². The fourth-order valence-corrected chi connectivity index (χ4v) is 3.85. The van der Waals surface area contributed by atoms with Gasteiger partial charge in [-0.2, -0.15) is 0 Å². The summed E-state index contributed by atoms with van der Waals surface area (Å²) in [4.78, 5) is 0. The van der Waals surface area contributed by atoms with E-state index in [1.807, 2.05) is 6.07 Å². The Bertz CT molecular complexity index is 894. The summed E-state index contributed by atoms with van der Waals surface area (Å²) < 4.78 is 37.6. The number of aryl methyl sites for hydroxylation is 1. The molecule has 0 aliphatic heterocycles. The number of halogens is 1. The number of benzene rings is 1. The smallest absolute Gasteiger partial charge is 0.155 e. The average Bonchev–Trinajstić information content (AvgIpc) is 2.95. The van der Waals surface area contributed by atoms with Gasteiger partial charge in [-0.3, -0.25) is 8.99 Å². The molecule has 1 aliphatic carbocycles. The van der Waals surface area contributed by atoms with Crippen molar-refractivity contribution in [2.24, 2.45) is 5.16 Å². The summed E-state index contributed by atoms with van der Waals surface area (Å²) in [5.74, 6) is -0.0847. The molecule has 134 valence electrons. The average molecular weight is 366 g/mol. The van der Waals surface area contributed by atoms with Crippen LogP contribution in [0.1, 0.15) is 41.3 Å². The molecule has 0 fully saturated rings. The van der Waals surface area contributed by atoms with Gasteiger partial charge >= 0.3 is 0 Å². The van der Waals surface area contributed by atoms with Crippen LogP contribution < -0.4 is 0 Å². The van der Waals surface area contributed by atoms with E-state index in [2.05, 4.69) is 15.5 Å². The highest BCUT2D eigenvalue weighted by Crippen LogP contribution is 2.40. The molecule has 1 unspecified atom stereocenters. The molecule has 1 heterocycles. The molecule has 9 heteroatoms. The van der Waals surface area contributed by atoms with Gasteiger partial charge in [-0.1, -0.05) is 22.4 Å². The van der Waals surface area contributed by atoms with Gasteiger partial charge < -0.3 is 5.21 Å². The Balaban J connectivity index is 1.71. The molecule has 0 saturated carbocycles. The lowest BCUT2D eigenvalue weighted by Gasteiger charge is -2.30. The first kappa shape index (κ1) is 17.5. The monoisotopic (exact) mass is 366 g/mol. The third-order valence-electron chi connectivity index (χ3n) is 4.36. The van der Waals surface area contributed by atoms with Crippen molar-refractivity contribution in [3.63, 3.8) is 0 Å². The van der Waals surface area contributed by atoms with E-state index in [1.165, 1.54) is 12.3 Å². The number of nitrogens with one attached hydrogen (secondary N) is 1. The fourth-order valence-electron chi connectivity index (χ4n) is 3.15. The molecule has 1 aliphatic rings. The summed E-state index contributed by atoms with van der Waals surface area (Å²) in [6.45, 7) is 0. The Morgan fingerprint density at radius 1 is 1.52 bits per heavy atom. The Morgan fingerprint density at radius 2 is 2.32 bits per heavy atom. The zero-order chi connectivity index (χ0) is 18.0. The molecule has 25 heavy (non-hydrogen) atoms. The zero-order valence-corrected chi connectivity index (χ0v) is 14.6. The van der Waals surface area contributed by atoms with Gasteiger partial charge in [0.25, 0.3) is 0 Å². The Hall–Kier alpha value is -2.29. The largest absolute Gasteiger partial charge is 0.411 e. The molecule has 2 aromatic rings. The Morgan fingerprint density at radius 3 is 3.00 bits per heavy atom. The van der Waals surface area contributed by atoms with Crippen LogP contribution >= 0.6 is 0 Å². The molecule has 0 amide bonds. The first-order chi connectivity index (χ1) is 11.9. The van der Waals surface area contributed by atoms with E-state index in [0.717, 1.165) is 5.56 Å². The van der Waals surface area contributed by atoms with Crippen molar-refractivity contribution < 1.29 is 18.4 Å². The van der Waals surface area contributed by atoms with Crippen molar-refractivity contribution in [2.75, 3.05) is 12.0 Å². The Labute approximate surface area is 144 Å². The van der Waals surface area contributed by atoms with Crippen molar-refractivity contribution in [3.05, 3.63) is 46.5 Å². The molecule has 0 radical (unpaired) electrons. The van der Waals surface area contributed by atoms with Crippen LogP contribution in [0.2, 0.25) is 0 Å². The predicted octanol–water partition coefficient (Wildman–Crippen LogP) is 2.73. The van der Waals surface area contributed by atoms with E-state index < -0.39 is 9.73 Å². The number of fused-ring (bicyclic) bond motifs is 1. The van der Waals surface area contributed by atoms with Gasteiger partial charge in [-0.25, -0.2) is 9.02 Å². The molecular weight excluding hydrogens is 347 g/mol. The van der Waals surface area contributed by atoms with Gasteiger partial charge in [0.2, 0.25) is 0 Å². The number of hydrogen-bond acceptors (Lipinski definition) is 7. The fraction of sp³-hybridized carbons (Fsp3) is 0.438. The maximum atomic E-state index is 13.9. The molecular formula is C16H19FN4O3S. The maximum absolute atomic E-state index is 13.9. The second kappa shape index (κ2) is 6.91. The number of aromatic nitrogens is 2. The molecule has 0 saturated heterocycles. The molecule has 1 aromatic carbocycles. The van der Waals surface area contributed by atoms with Crippen LogP contribution in [-0.2, 0) is 22.6 Å². The van der Waals surface area contributed by atoms with E-state index in [0.29, 0.717) is 48.3 Å². The van der Waals surface area contributed by atoms with E-state index in [-0.39, 0.29) is 17.5 Å². The number of nitrogens with zero attached hydrogens (tertiary/aromatic N) is 3. The topological polar surface area (TPSA) is 112 Å². The van der Waals surface area contributed by atoms with Gasteiger partial charge in [0.05, 0.1) is 0 Å². The summed E-state index contributed by atoms with van der Waals surface area (Å²) in [7, 11) is -2.57. The van der Waals surface area contributed by atoms with Crippen molar-refractivity contribution in [1.82, 2.24) is 10.3 Å². The van der Waals surface area contributed by atoms with Gasteiger partial charge in [-0.15, -0.1) is 0 Å². The van der Waals surface area contributed by atoms with Crippen molar-refractivity contribution in [2.45, 2.75) is 31.6 Å². The number of rotatable bonds is 7. The first-order valence-corrected chi connectivity index (χ1v) is 10.0. The van der Waals surface area contributed by atoms with Gasteiger partial charge in [0, 0.05) is 28.2 Å². The molecule has 2 atom stereocenters. The Kier molecular flexibility index (Phi) is 4.85. The van der Waals surface area contributed by atoms with Crippen LogP contribution in [0, 0.1) is 10.6 Å². The van der Waals surface area contributed by atoms with Crippen LogP contribution in [0.15, 0.2) is 28.0 Å². The molecule has 7 nitrogen and oxygen atoms in total. The third kappa shape index (κ3) is 3.87. The highest BCUT2D eigenvalue weighted by molar-refractivity contribution is 7.91. The van der Waals surface area contributed by atoms with Crippen LogP contribution in [0.25, 0.3) is 0 Å². The van der Waals surface area contributed by atoms with Gasteiger partial charge in [-0.05, 0) is 47.5 Å². The number of hydrogen-bond donors (Lipinski definition) is 2. The minimum absolute atomic E-state index is 0.0748. The standard InChI is InChI=1S/C16H19FN4O3S/c1-25(18,23)7-3-6-13-16(21-24-20-13)14(19-22)9-11-8-10-4-2-5-12(17)15(10)11/h2,4-5,11,18,22H,3,6-9H2,1H3/b19-14-/t11-,25?/m0/s1. The lowest BCUT2D eigenvalue weighted by molar-refractivity contribution is 0.300. The second-order valence-electron chi connectivity index (χ2n) is 6.34. The SMILES string of the molecule is CS(=N)(=O)CCCc1nonc1/C(C[C@@H]1Cc2cccc(F)c21)=N\O. The maximum Gasteiger partial charge on any atom is 0.155 e. The minimum Gasteiger partial charge on any atom is -0.411 e. The van der Waals surface area contributed by atoms with E-state index in [1.54, 1.807) is 6.07 Å². The summed E-state index contributed by atoms with van der Waals surface area (Å²) in [5, 5.41) is 20.3. The van der Waals surface area contributed by atoms with Gasteiger partial charge in [0.15, 0.2) is 5.69 Å². The molecule has 2 N–H and O–H groups in total. The van der Waals surface area contributed by atoms with Gasteiger partial charge in [0.1, 0.15) is 17.2 Å². The lowest BCUT2D eigenvalue weighted by Crippen LogP contribution is -2.23. The number of oxime groups is 1. The highest BCUT2D eigenvalue weighted by atomic mass is 32.2. The third-order valence-corrected chi connectivity index (χ3v) is 5.42. The summed E-state index contributed by atoms with van der Waals surface area (Å²) in [6, 6.07) is 4.99.